The normalized spacial score (nSPS) is 9.92. The molecule has 0 aromatic heterocycles. The minimum Gasteiger partial charge on any atom is -0.542 e. The van der Waals surface area contributed by atoms with E-state index in [2.05, 4.69) is 21.1 Å². The molecule has 0 amide bonds. The summed E-state index contributed by atoms with van der Waals surface area (Å²) >= 11 is 0. The number of carbonyl (C=O) groups is 2. The molecule has 5 heteroatoms. The number of carbonyl (C=O) groups excluding carboxylic acids is 2. The summed E-state index contributed by atoms with van der Waals surface area (Å²) in [7, 11) is 6.16. The first-order chi connectivity index (χ1) is 5.70. The van der Waals surface area contributed by atoms with Crippen LogP contribution in [0, 0.1) is 0 Å². The Labute approximate surface area is 78.2 Å². The van der Waals surface area contributed by atoms with Gasteiger partial charge in [-0.15, -0.1) is 0 Å². The number of aliphatic hydroxyl groups excluding tert-OH is 1. The predicted molar refractivity (Wildman–Crippen MR) is 45.7 cm³/mol. The molecule has 0 rings (SSSR count). The van der Waals surface area contributed by atoms with Crippen LogP contribution in [0.3, 0.4) is 0 Å². The zero-order valence-electron chi connectivity index (χ0n) is 8.53. The van der Waals surface area contributed by atoms with Crippen LogP contribution in [0.1, 0.15) is 6.92 Å². The Morgan fingerprint density at radius 1 is 1.31 bits per heavy atom. The molecule has 0 spiro atoms. The minimum atomic E-state index is -1.63. The van der Waals surface area contributed by atoms with Gasteiger partial charge in [0.05, 0.1) is 27.7 Å². The average molecular weight is 191 g/mol. The summed E-state index contributed by atoms with van der Waals surface area (Å²) in [5.74, 6) is -2.56. The Morgan fingerprint density at radius 2 is 1.62 bits per heavy atom. The third kappa shape index (κ3) is 18.2. The number of ketones is 1. The Morgan fingerprint density at radius 3 is 1.62 bits per heavy atom. The fourth-order valence-corrected chi connectivity index (χ4v) is 0.300. The van der Waals surface area contributed by atoms with Crippen molar-refractivity contribution in [2.45, 2.75) is 6.92 Å². The second kappa shape index (κ2) is 6.56. The van der Waals surface area contributed by atoms with Crippen molar-refractivity contribution in [3.63, 3.8) is 0 Å². The summed E-state index contributed by atoms with van der Waals surface area (Å²) < 4.78 is 0.844. The molecule has 0 heterocycles. The van der Waals surface area contributed by atoms with Gasteiger partial charge in [-0.1, -0.05) is 0 Å². The van der Waals surface area contributed by atoms with Crippen molar-refractivity contribution >= 4 is 11.8 Å². The van der Waals surface area contributed by atoms with E-state index in [1.54, 1.807) is 0 Å². The lowest BCUT2D eigenvalue weighted by Crippen LogP contribution is -2.36. The van der Waals surface area contributed by atoms with Crippen molar-refractivity contribution in [1.29, 1.82) is 0 Å². The Balaban J connectivity index is 0. The maximum atomic E-state index is 9.48. The summed E-state index contributed by atoms with van der Waals surface area (Å²) in [5, 5.41) is 17.6. The molecule has 0 aliphatic rings. The highest BCUT2D eigenvalue weighted by Gasteiger charge is 2.02. The first-order valence-electron chi connectivity index (χ1n) is 3.84. The molecule has 1 N–H and O–H groups in total. The monoisotopic (exact) mass is 191 g/mol. The van der Waals surface area contributed by atoms with E-state index >= 15 is 0 Å². The van der Waals surface area contributed by atoms with Crippen LogP contribution in [0.2, 0.25) is 0 Å². The molecule has 13 heavy (non-hydrogen) atoms. The quantitative estimate of drug-likeness (QED) is 0.414. The van der Waals surface area contributed by atoms with Crippen LogP contribution < -0.4 is 5.11 Å². The molecular formula is C8H17NO4. The second-order valence-corrected chi connectivity index (χ2v) is 3.58. The number of nitrogens with zero attached hydrogens (tertiary/aromatic N) is 1. The van der Waals surface area contributed by atoms with E-state index in [0.717, 1.165) is 18.0 Å². The highest BCUT2D eigenvalue weighted by molar-refractivity contribution is 6.30. The standard InChI is InChI=1S/C5H14NO.C3H4O3/c1-6(2,3)4-5-7;1-2(4)3(5)6/h7H,4-5H2,1-3H3;1H3,(H,5,6)/q+1;/p-1. The fourth-order valence-electron chi connectivity index (χ4n) is 0.300. The van der Waals surface area contributed by atoms with E-state index in [0.29, 0.717) is 0 Å². The first-order valence-corrected chi connectivity index (χ1v) is 3.84. The van der Waals surface area contributed by atoms with E-state index in [1.807, 2.05) is 0 Å². The summed E-state index contributed by atoms with van der Waals surface area (Å²) in [4.78, 5) is 18.7. The average Bonchev–Trinajstić information content (AvgIpc) is 1.85. The van der Waals surface area contributed by atoms with Crippen LogP contribution in [-0.2, 0) is 9.59 Å². The Bertz CT molecular complexity index is 159. The van der Waals surface area contributed by atoms with Gasteiger partial charge in [0.2, 0.25) is 0 Å². The molecule has 0 fully saturated rings. The number of aliphatic hydroxyl groups is 1. The second-order valence-electron chi connectivity index (χ2n) is 3.58. The molecule has 78 valence electrons. The number of aliphatic carboxylic acids is 1. The molecule has 0 saturated heterocycles. The number of hydrogen-bond donors (Lipinski definition) is 1. The number of Topliss-reactive ketones (excluding diaryl/α,β-unsaturated/α-hetero) is 1. The molecule has 0 aliphatic heterocycles. The number of hydrogen-bond acceptors (Lipinski definition) is 4. The van der Waals surface area contributed by atoms with Crippen molar-refractivity contribution in [3.05, 3.63) is 0 Å². The van der Waals surface area contributed by atoms with E-state index in [4.69, 9.17) is 5.11 Å². The van der Waals surface area contributed by atoms with E-state index in [9.17, 15) is 14.7 Å². The molecule has 0 unspecified atom stereocenters. The van der Waals surface area contributed by atoms with Crippen LogP contribution in [0.25, 0.3) is 0 Å². The molecule has 0 aliphatic carbocycles. The van der Waals surface area contributed by atoms with Crippen molar-refractivity contribution in [2.75, 3.05) is 34.3 Å². The molecule has 0 radical (unpaired) electrons. The lowest BCUT2D eigenvalue weighted by molar-refractivity contribution is -0.870. The van der Waals surface area contributed by atoms with Gasteiger partial charge in [-0.05, 0) is 0 Å². The van der Waals surface area contributed by atoms with E-state index in [-0.39, 0.29) is 6.61 Å². The summed E-state index contributed by atoms with van der Waals surface area (Å²) in [6.45, 7) is 2.05. The molecule has 0 aromatic rings. The van der Waals surface area contributed by atoms with Gasteiger partial charge in [0.25, 0.3) is 0 Å². The van der Waals surface area contributed by atoms with Crippen molar-refractivity contribution in [1.82, 2.24) is 0 Å². The van der Waals surface area contributed by atoms with Gasteiger partial charge >= 0.3 is 0 Å². The third-order valence-corrected chi connectivity index (χ3v) is 1.06. The van der Waals surface area contributed by atoms with Crippen LogP contribution >= 0.6 is 0 Å². The zero-order chi connectivity index (χ0) is 11.1. The van der Waals surface area contributed by atoms with E-state index < -0.39 is 11.8 Å². The fraction of sp³-hybridized carbons (Fsp3) is 0.750. The molecule has 0 saturated carbocycles. The highest BCUT2D eigenvalue weighted by atomic mass is 16.4. The maximum absolute atomic E-state index is 9.48. The largest absolute Gasteiger partial charge is 0.542 e. The zero-order valence-corrected chi connectivity index (χ0v) is 8.53. The number of carboxylic acid groups (broad SMARTS) is 1. The minimum absolute atomic E-state index is 0.281. The molecule has 0 atom stereocenters. The SMILES string of the molecule is CC(=O)C(=O)[O-].C[N+](C)(C)CCO. The summed E-state index contributed by atoms with van der Waals surface area (Å²) in [5.41, 5.74) is 0. The Hall–Kier alpha value is -0.940. The van der Waals surface area contributed by atoms with E-state index in [1.165, 1.54) is 0 Å². The molecule has 0 aromatic carbocycles. The van der Waals surface area contributed by atoms with Crippen molar-refractivity contribution in [3.8, 4) is 0 Å². The Kier molecular flexibility index (Phi) is 7.36. The molecule has 0 bridgehead atoms. The maximum Gasteiger partial charge on any atom is 0.175 e. The van der Waals surface area contributed by atoms with Gasteiger partial charge in [0.15, 0.2) is 5.78 Å². The van der Waals surface area contributed by atoms with Crippen LogP contribution in [0.4, 0.5) is 0 Å². The smallest absolute Gasteiger partial charge is 0.175 e. The molecular weight excluding hydrogens is 174 g/mol. The summed E-state index contributed by atoms with van der Waals surface area (Å²) in [6, 6.07) is 0. The lowest BCUT2D eigenvalue weighted by Gasteiger charge is -2.21. The van der Waals surface area contributed by atoms with Gasteiger partial charge < -0.3 is 19.5 Å². The molecule has 5 nitrogen and oxygen atoms in total. The topological polar surface area (TPSA) is 77.4 Å². The van der Waals surface area contributed by atoms with Gasteiger partial charge in [0.1, 0.15) is 12.5 Å². The van der Waals surface area contributed by atoms with Gasteiger partial charge in [-0.25, -0.2) is 0 Å². The number of likely N-dealkylation sites (N-methyl/N-ethyl adjacent to an activating group) is 1. The number of carboxylic acids is 1. The lowest BCUT2D eigenvalue weighted by atomic mass is 10.5. The summed E-state index contributed by atoms with van der Waals surface area (Å²) in [6.07, 6.45) is 0. The highest BCUT2D eigenvalue weighted by Crippen LogP contribution is 1.84. The van der Waals surface area contributed by atoms with Crippen LogP contribution in [-0.4, -0.2) is 55.6 Å². The van der Waals surface area contributed by atoms with Gasteiger partial charge in [-0.3, -0.25) is 4.79 Å². The first kappa shape index (κ1) is 14.6. The van der Waals surface area contributed by atoms with Crippen molar-refractivity contribution < 1.29 is 24.3 Å². The van der Waals surface area contributed by atoms with Crippen molar-refractivity contribution in [2.24, 2.45) is 0 Å². The predicted octanol–water partition coefficient (Wildman–Crippen LogP) is -1.99. The van der Waals surface area contributed by atoms with Crippen LogP contribution in [0.15, 0.2) is 0 Å². The van der Waals surface area contributed by atoms with Gasteiger partial charge in [-0.2, -0.15) is 0 Å². The number of rotatable bonds is 3. The third-order valence-electron chi connectivity index (χ3n) is 1.06. The number of quaternary nitrogens is 1. The van der Waals surface area contributed by atoms with Crippen LogP contribution in [0.5, 0.6) is 0 Å². The van der Waals surface area contributed by atoms with Gasteiger partial charge in [0, 0.05) is 6.92 Å².